The molecule has 1 unspecified atom stereocenters. The zero-order valence-corrected chi connectivity index (χ0v) is 17.1. The Bertz CT molecular complexity index is 1200. The molecule has 0 aliphatic carbocycles. The van der Waals surface area contributed by atoms with Crippen molar-refractivity contribution < 1.29 is 13.2 Å². The van der Waals surface area contributed by atoms with Crippen molar-refractivity contribution >= 4 is 20.7 Å². The Morgan fingerprint density at radius 1 is 1.18 bits per heavy atom. The highest BCUT2D eigenvalue weighted by atomic mass is 32.2. The topological polar surface area (TPSA) is 62.4 Å². The number of aromatic amines is 1. The molecule has 2 aromatic carbocycles. The van der Waals surface area contributed by atoms with Gasteiger partial charge in [0.05, 0.1) is 7.11 Å². The third kappa shape index (κ3) is 2.58. The molecule has 0 spiro atoms. The molecule has 5 rings (SSSR count). The van der Waals surface area contributed by atoms with Gasteiger partial charge in [-0.3, -0.25) is 4.90 Å². The van der Waals surface area contributed by atoms with E-state index in [-0.39, 0.29) is 10.9 Å². The fraction of sp³-hybridized carbons (Fsp3) is 0.364. The molecular weight excluding hydrogens is 372 g/mol. The minimum absolute atomic E-state index is 0.230. The van der Waals surface area contributed by atoms with Crippen molar-refractivity contribution in [2.45, 2.75) is 43.3 Å². The molecule has 0 radical (unpaired) electrons. The smallest absolute Gasteiger partial charge is 0.179 e. The van der Waals surface area contributed by atoms with E-state index in [1.807, 2.05) is 12.1 Å². The minimum atomic E-state index is -3.34. The van der Waals surface area contributed by atoms with Gasteiger partial charge in [-0.1, -0.05) is 18.2 Å². The number of aromatic nitrogens is 1. The molecule has 5 nitrogen and oxygen atoms in total. The second kappa shape index (κ2) is 6.09. The quantitative estimate of drug-likeness (QED) is 0.719. The predicted molar refractivity (Wildman–Crippen MR) is 110 cm³/mol. The number of fused-ring (bicyclic) bond motifs is 6. The van der Waals surface area contributed by atoms with Crippen LogP contribution in [0.1, 0.15) is 35.3 Å². The average Bonchev–Trinajstić information content (AvgIpc) is 3.03. The third-order valence-corrected chi connectivity index (χ3v) is 7.42. The largest absolute Gasteiger partial charge is 0.495 e. The maximum absolute atomic E-state index is 12.2. The van der Waals surface area contributed by atoms with E-state index in [2.05, 4.69) is 41.1 Å². The summed E-state index contributed by atoms with van der Waals surface area (Å²) in [7, 11) is -1.80. The van der Waals surface area contributed by atoms with Gasteiger partial charge in [-0.15, -0.1) is 0 Å². The number of ether oxygens (including phenoxy) is 1. The van der Waals surface area contributed by atoms with E-state index in [1.165, 1.54) is 41.1 Å². The fourth-order valence-electron chi connectivity index (χ4n) is 4.97. The Hall–Kier alpha value is -2.31. The van der Waals surface area contributed by atoms with Crippen molar-refractivity contribution in [3.63, 3.8) is 0 Å². The maximum atomic E-state index is 12.2. The van der Waals surface area contributed by atoms with Crippen LogP contribution in [0.4, 0.5) is 0 Å². The van der Waals surface area contributed by atoms with Gasteiger partial charge in [0.25, 0.3) is 0 Å². The van der Waals surface area contributed by atoms with E-state index in [0.29, 0.717) is 11.8 Å². The Kier molecular flexibility index (Phi) is 3.87. The van der Waals surface area contributed by atoms with Crippen LogP contribution < -0.4 is 4.74 Å². The number of rotatable bonds is 2. The summed E-state index contributed by atoms with van der Waals surface area (Å²) in [5.41, 5.74) is 6.18. The number of H-pyrrole nitrogens is 1. The number of methoxy groups -OCH3 is 1. The predicted octanol–water partition coefficient (Wildman–Crippen LogP) is 3.62. The minimum Gasteiger partial charge on any atom is -0.495 e. The summed E-state index contributed by atoms with van der Waals surface area (Å²) in [6.45, 7) is 3.11. The van der Waals surface area contributed by atoms with Crippen molar-refractivity contribution in [1.29, 1.82) is 0 Å². The summed E-state index contributed by atoms with van der Waals surface area (Å²) in [5.74, 6) is 0.445. The Morgan fingerprint density at radius 3 is 2.71 bits per heavy atom. The molecule has 2 atom stereocenters. The number of nitrogens with one attached hydrogen (secondary N) is 1. The molecule has 2 aliphatic heterocycles. The average molecular weight is 397 g/mol. The van der Waals surface area contributed by atoms with Crippen molar-refractivity contribution in [3.05, 3.63) is 58.8 Å². The van der Waals surface area contributed by atoms with Crippen molar-refractivity contribution in [2.24, 2.45) is 0 Å². The normalized spacial score (nSPS) is 21.8. The zero-order chi connectivity index (χ0) is 19.6. The molecule has 3 heterocycles. The van der Waals surface area contributed by atoms with E-state index >= 15 is 0 Å². The molecule has 1 aromatic heterocycles. The van der Waals surface area contributed by atoms with E-state index in [1.54, 1.807) is 0 Å². The molecule has 2 aliphatic rings. The van der Waals surface area contributed by atoms with Crippen LogP contribution in [0.15, 0.2) is 41.3 Å². The Morgan fingerprint density at radius 2 is 1.96 bits per heavy atom. The third-order valence-electron chi connectivity index (χ3n) is 6.31. The lowest BCUT2D eigenvalue weighted by Crippen LogP contribution is -2.45. The lowest BCUT2D eigenvalue weighted by Gasteiger charge is -2.45. The molecule has 3 aromatic rings. The Labute approximate surface area is 165 Å². The van der Waals surface area contributed by atoms with Gasteiger partial charge in [0.1, 0.15) is 10.6 Å². The summed E-state index contributed by atoms with van der Waals surface area (Å²) in [6.07, 6.45) is 3.00. The molecule has 1 N–H and O–H groups in total. The van der Waals surface area contributed by atoms with Gasteiger partial charge in [0, 0.05) is 41.5 Å². The van der Waals surface area contributed by atoms with Crippen LogP contribution in [0.5, 0.6) is 5.75 Å². The van der Waals surface area contributed by atoms with Gasteiger partial charge in [-0.05, 0) is 54.7 Å². The first-order valence-electron chi connectivity index (χ1n) is 9.62. The number of sulfone groups is 1. The maximum Gasteiger partial charge on any atom is 0.179 e. The van der Waals surface area contributed by atoms with Gasteiger partial charge in [-0.2, -0.15) is 0 Å². The van der Waals surface area contributed by atoms with Gasteiger partial charge in [-0.25, -0.2) is 8.42 Å². The summed E-state index contributed by atoms with van der Waals surface area (Å²) in [5, 5.41) is 1.29. The number of para-hydroxylation sites is 1. The number of hydrogen-bond acceptors (Lipinski definition) is 4. The van der Waals surface area contributed by atoms with E-state index in [4.69, 9.17) is 4.74 Å². The molecule has 0 saturated heterocycles. The van der Waals surface area contributed by atoms with Crippen LogP contribution in [0, 0.1) is 0 Å². The fourth-order valence-corrected chi connectivity index (χ4v) is 5.83. The molecule has 0 fully saturated rings. The molecule has 28 heavy (non-hydrogen) atoms. The summed E-state index contributed by atoms with van der Waals surface area (Å²) in [6, 6.07) is 12.8. The van der Waals surface area contributed by atoms with Crippen LogP contribution in [-0.2, 0) is 29.2 Å². The first-order chi connectivity index (χ1) is 13.4. The zero-order valence-electron chi connectivity index (χ0n) is 16.3. The van der Waals surface area contributed by atoms with Gasteiger partial charge >= 0.3 is 0 Å². The van der Waals surface area contributed by atoms with E-state index in [0.717, 1.165) is 24.9 Å². The van der Waals surface area contributed by atoms with Crippen LogP contribution in [-0.4, -0.2) is 37.7 Å². The Balaban J connectivity index is 1.67. The van der Waals surface area contributed by atoms with Crippen molar-refractivity contribution in [3.8, 4) is 5.75 Å². The summed E-state index contributed by atoms with van der Waals surface area (Å²) >= 11 is 0. The van der Waals surface area contributed by atoms with Gasteiger partial charge < -0.3 is 9.72 Å². The SMILES string of the molecule is COc1cc2c(cc1S(C)(=O)=O)C[C@H](C)N1Cc3[nH]c4ccccc4c3CC21. The standard InChI is InChI=1S/C22H24N2O3S/c1-13-8-14-9-22(28(3,25)26)21(27-2)11-16(14)20-10-17-15-6-4-5-7-18(15)23-19(17)12-24(13)20/h4-7,9,11,13,20,23H,8,10,12H2,1-3H3/t13-,20?/m0/s1. The van der Waals surface area contributed by atoms with E-state index < -0.39 is 9.84 Å². The highest BCUT2D eigenvalue weighted by molar-refractivity contribution is 7.90. The lowest BCUT2D eigenvalue weighted by atomic mass is 9.82. The van der Waals surface area contributed by atoms with Crippen LogP contribution in [0.3, 0.4) is 0 Å². The second-order valence-corrected chi connectivity index (χ2v) is 10.0. The van der Waals surface area contributed by atoms with Crippen molar-refractivity contribution in [1.82, 2.24) is 9.88 Å². The molecule has 0 bridgehead atoms. The first-order valence-corrected chi connectivity index (χ1v) is 11.5. The van der Waals surface area contributed by atoms with Crippen molar-refractivity contribution in [2.75, 3.05) is 13.4 Å². The first kappa shape index (κ1) is 17.8. The van der Waals surface area contributed by atoms with Gasteiger partial charge in [0.2, 0.25) is 0 Å². The number of hydrogen-bond donors (Lipinski definition) is 1. The monoisotopic (exact) mass is 396 g/mol. The highest BCUT2D eigenvalue weighted by Gasteiger charge is 2.38. The van der Waals surface area contributed by atoms with Crippen LogP contribution in [0.2, 0.25) is 0 Å². The molecule has 0 saturated carbocycles. The molecule has 0 amide bonds. The number of benzene rings is 2. The summed E-state index contributed by atoms with van der Waals surface area (Å²) in [4.78, 5) is 6.42. The van der Waals surface area contributed by atoms with Crippen LogP contribution >= 0.6 is 0 Å². The number of nitrogens with zero attached hydrogens (tertiary/aromatic N) is 1. The van der Waals surface area contributed by atoms with E-state index in [9.17, 15) is 8.42 Å². The van der Waals surface area contributed by atoms with Gasteiger partial charge in [0.15, 0.2) is 9.84 Å². The second-order valence-electron chi connectivity index (χ2n) is 8.05. The lowest BCUT2D eigenvalue weighted by molar-refractivity contribution is 0.104. The van der Waals surface area contributed by atoms with Crippen LogP contribution in [0.25, 0.3) is 10.9 Å². The molecular formula is C22H24N2O3S. The highest BCUT2D eigenvalue weighted by Crippen LogP contribution is 2.44. The molecule has 146 valence electrons. The molecule has 6 heteroatoms. The summed E-state index contributed by atoms with van der Waals surface area (Å²) < 4.78 is 30.0.